The molecule has 0 spiro atoms. The van der Waals surface area contributed by atoms with E-state index in [0.29, 0.717) is 22.5 Å². The highest BCUT2D eigenvalue weighted by Gasteiger charge is 2.62. The van der Waals surface area contributed by atoms with Gasteiger partial charge in [-0.2, -0.15) is 0 Å². The summed E-state index contributed by atoms with van der Waals surface area (Å²) in [5, 5.41) is 13.0. The lowest BCUT2D eigenvalue weighted by Gasteiger charge is -2.41. The van der Waals surface area contributed by atoms with Gasteiger partial charge in [-0.15, -0.1) is 0 Å². The van der Waals surface area contributed by atoms with Crippen LogP contribution in [0.3, 0.4) is 0 Å². The molecule has 2 N–H and O–H groups in total. The van der Waals surface area contributed by atoms with Crippen LogP contribution < -0.4 is 5.32 Å². The Bertz CT molecular complexity index is 686. The van der Waals surface area contributed by atoms with Gasteiger partial charge in [-0.05, 0) is 48.3 Å². The highest BCUT2D eigenvalue weighted by Crippen LogP contribution is 2.63. The van der Waals surface area contributed by atoms with Crippen molar-refractivity contribution in [2.45, 2.75) is 6.42 Å². The molecule has 0 aliphatic heterocycles. The Balaban J connectivity index is 1.61. The van der Waals surface area contributed by atoms with Crippen LogP contribution in [0, 0.1) is 35.5 Å². The highest BCUT2D eigenvalue weighted by molar-refractivity contribution is 6.30. The smallest absolute Gasteiger partial charge is 0.307 e. The Kier molecular flexibility index (Phi) is 3.05. The maximum atomic E-state index is 12.7. The normalized spacial score (nSPS) is 37.5. The molecule has 1 amide bonds. The van der Waals surface area contributed by atoms with E-state index in [9.17, 15) is 14.7 Å². The van der Waals surface area contributed by atoms with E-state index in [0.717, 1.165) is 6.42 Å². The Morgan fingerprint density at radius 1 is 1.14 bits per heavy atom. The second kappa shape index (κ2) is 4.85. The van der Waals surface area contributed by atoms with Gasteiger partial charge >= 0.3 is 5.97 Å². The van der Waals surface area contributed by atoms with Crippen LogP contribution in [0.4, 0.5) is 5.69 Å². The minimum atomic E-state index is -0.865. The minimum Gasteiger partial charge on any atom is -0.481 e. The molecule has 4 nitrogen and oxygen atoms in total. The van der Waals surface area contributed by atoms with Crippen molar-refractivity contribution in [2.75, 3.05) is 5.32 Å². The van der Waals surface area contributed by atoms with Gasteiger partial charge in [0.05, 0.1) is 11.8 Å². The van der Waals surface area contributed by atoms with E-state index in [-0.39, 0.29) is 17.7 Å². The fourth-order valence-corrected chi connectivity index (χ4v) is 4.55. The average Bonchev–Trinajstić information content (AvgIpc) is 3.28. The lowest BCUT2D eigenvalue weighted by molar-refractivity contribution is -0.152. The molecule has 22 heavy (non-hydrogen) atoms. The number of fused-ring (bicyclic) bond motifs is 1. The first-order valence-electron chi connectivity index (χ1n) is 7.54. The molecule has 2 saturated carbocycles. The number of carbonyl (C=O) groups excluding carboxylic acids is 1. The van der Waals surface area contributed by atoms with Crippen molar-refractivity contribution in [3.05, 3.63) is 41.4 Å². The van der Waals surface area contributed by atoms with Crippen LogP contribution in [0.25, 0.3) is 0 Å². The zero-order valence-corrected chi connectivity index (χ0v) is 12.5. The quantitative estimate of drug-likeness (QED) is 0.842. The predicted octanol–water partition coefficient (Wildman–Crippen LogP) is 3.05. The van der Waals surface area contributed by atoms with Crippen molar-refractivity contribution >= 4 is 29.2 Å². The van der Waals surface area contributed by atoms with Gasteiger partial charge in [0, 0.05) is 10.7 Å². The van der Waals surface area contributed by atoms with Crippen LogP contribution in [-0.2, 0) is 9.59 Å². The third kappa shape index (κ3) is 2.05. The Morgan fingerprint density at radius 3 is 2.45 bits per heavy atom. The number of carboxylic acid groups (broad SMARTS) is 1. The van der Waals surface area contributed by atoms with Gasteiger partial charge in [0.2, 0.25) is 5.91 Å². The molecule has 4 aliphatic carbocycles. The number of carboxylic acids is 1. The Labute approximate surface area is 133 Å². The second-order valence-electron chi connectivity index (χ2n) is 6.49. The van der Waals surface area contributed by atoms with Crippen molar-refractivity contribution in [3.8, 4) is 0 Å². The number of anilines is 1. The minimum absolute atomic E-state index is 0.00242. The molecule has 0 saturated heterocycles. The van der Waals surface area contributed by atoms with Gasteiger partial charge in [-0.3, -0.25) is 9.59 Å². The summed E-state index contributed by atoms with van der Waals surface area (Å²) in [6, 6.07) is 6.93. The first-order chi connectivity index (χ1) is 10.6. The van der Waals surface area contributed by atoms with Crippen molar-refractivity contribution in [2.24, 2.45) is 35.5 Å². The molecule has 0 aromatic heterocycles. The number of aliphatic carboxylic acids is 1. The largest absolute Gasteiger partial charge is 0.481 e. The van der Waals surface area contributed by atoms with Crippen molar-refractivity contribution in [3.63, 3.8) is 0 Å². The summed E-state index contributed by atoms with van der Waals surface area (Å²) < 4.78 is 0. The first-order valence-corrected chi connectivity index (χ1v) is 7.91. The lowest BCUT2D eigenvalue weighted by Crippen LogP contribution is -2.48. The fourth-order valence-electron chi connectivity index (χ4n) is 4.36. The van der Waals surface area contributed by atoms with E-state index in [2.05, 4.69) is 11.4 Å². The van der Waals surface area contributed by atoms with E-state index in [1.165, 1.54) is 0 Å². The van der Waals surface area contributed by atoms with Crippen molar-refractivity contribution < 1.29 is 14.7 Å². The number of benzene rings is 1. The lowest BCUT2D eigenvalue weighted by atomic mass is 9.62. The molecule has 2 bridgehead atoms. The number of amides is 1. The number of hydrogen-bond acceptors (Lipinski definition) is 2. The zero-order chi connectivity index (χ0) is 15.4. The third-order valence-corrected chi connectivity index (χ3v) is 5.57. The van der Waals surface area contributed by atoms with Crippen LogP contribution in [0.5, 0.6) is 0 Å². The molecular formula is C17H16ClNO3. The van der Waals surface area contributed by atoms with Gasteiger partial charge in [0.1, 0.15) is 0 Å². The number of hydrogen-bond donors (Lipinski definition) is 2. The molecule has 0 radical (unpaired) electrons. The van der Waals surface area contributed by atoms with Crippen LogP contribution >= 0.6 is 11.6 Å². The van der Waals surface area contributed by atoms with Gasteiger partial charge in [-0.25, -0.2) is 0 Å². The number of allylic oxidation sites excluding steroid dienone is 2. The predicted molar refractivity (Wildman–Crippen MR) is 82.4 cm³/mol. The van der Waals surface area contributed by atoms with Crippen molar-refractivity contribution in [1.82, 2.24) is 0 Å². The molecule has 1 aromatic rings. The molecule has 0 heterocycles. The molecule has 2 fully saturated rings. The van der Waals surface area contributed by atoms with E-state index in [1.807, 2.05) is 6.08 Å². The summed E-state index contributed by atoms with van der Waals surface area (Å²) in [6.07, 6.45) is 5.12. The summed E-state index contributed by atoms with van der Waals surface area (Å²) in [4.78, 5) is 24.4. The molecule has 4 aliphatic rings. The fraction of sp³-hybridized carbons (Fsp3) is 0.412. The summed E-state index contributed by atoms with van der Waals surface area (Å²) in [6.45, 7) is 0. The molecule has 5 heteroatoms. The topological polar surface area (TPSA) is 66.4 Å². The average molecular weight is 318 g/mol. The molecule has 1 aromatic carbocycles. The van der Waals surface area contributed by atoms with Gasteiger partial charge in [0.15, 0.2) is 0 Å². The Hall–Kier alpha value is -1.81. The number of halogens is 1. The maximum absolute atomic E-state index is 12.7. The summed E-state index contributed by atoms with van der Waals surface area (Å²) in [5.74, 6) is -1.17. The standard InChI is InChI=1S/C17H16ClNO3/c18-8-2-1-3-9(6-8)19-16(20)14-10-4-5-11(13-7-12(10)13)15(14)17(21)22/h1-6,10-15H,7H2,(H,19,20)(H,21,22)/t10-,11-,12-,13-,14-,15+/m0/s1. The van der Waals surface area contributed by atoms with Gasteiger partial charge in [0.25, 0.3) is 0 Å². The van der Waals surface area contributed by atoms with E-state index < -0.39 is 17.8 Å². The molecule has 114 valence electrons. The maximum Gasteiger partial charge on any atom is 0.307 e. The second-order valence-corrected chi connectivity index (χ2v) is 6.93. The molecule has 6 atom stereocenters. The van der Waals surface area contributed by atoms with Crippen LogP contribution in [0.1, 0.15) is 6.42 Å². The summed E-state index contributed by atoms with van der Waals surface area (Å²) in [7, 11) is 0. The van der Waals surface area contributed by atoms with Crippen LogP contribution in [0.2, 0.25) is 5.02 Å². The number of nitrogens with one attached hydrogen (secondary N) is 1. The molecular weight excluding hydrogens is 302 g/mol. The molecule has 0 unspecified atom stereocenters. The number of rotatable bonds is 3. The Morgan fingerprint density at radius 2 is 1.82 bits per heavy atom. The van der Waals surface area contributed by atoms with Gasteiger partial charge in [-0.1, -0.05) is 29.8 Å². The van der Waals surface area contributed by atoms with Crippen molar-refractivity contribution in [1.29, 1.82) is 0 Å². The van der Waals surface area contributed by atoms with E-state index >= 15 is 0 Å². The first kappa shape index (κ1) is 13.8. The monoisotopic (exact) mass is 317 g/mol. The zero-order valence-electron chi connectivity index (χ0n) is 11.8. The van der Waals surface area contributed by atoms with E-state index in [1.54, 1.807) is 24.3 Å². The highest BCUT2D eigenvalue weighted by atomic mass is 35.5. The van der Waals surface area contributed by atoms with Crippen LogP contribution in [0.15, 0.2) is 36.4 Å². The summed E-state index contributed by atoms with van der Waals surface area (Å²) >= 11 is 5.93. The SMILES string of the molecule is O=C(O)[C@@H]1[C@H]2C=C[C@@H]([C@@H]3C[C@@H]23)[C@@H]1C(=O)Nc1cccc(Cl)c1. The van der Waals surface area contributed by atoms with Gasteiger partial charge < -0.3 is 10.4 Å². The summed E-state index contributed by atoms with van der Waals surface area (Å²) in [5.41, 5.74) is 0.611. The van der Waals surface area contributed by atoms with E-state index in [4.69, 9.17) is 11.6 Å². The molecule has 5 rings (SSSR count). The number of carbonyl (C=O) groups is 2. The van der Waals surface area contributed by atoms with Crippen LogP contribution in [-0.4, -0.2) is 17.0 Å². The third-order valence-electron chi connectivity index (χ3n) is 5.33.